The first-order chi connectivity index (χ1) is 10.1. The van der Waals surface area contributed by atoms with Gasteiger partial charge in [0.25, 0.3) is 0 Å². The van der Waals surface area contributed by atoms with Crippen LogP contribution >= 0.6 is 11.6 Å². The van der Waals surface area contributed by atoms with Gasteiger partial charge in [0.15, 0.2) is 0 Å². The smallest absolute Gasteiger partial charge is 0.227 e. The van der Waals surface area contributed by atoms with E-state index in [2.05, 4.69) is 10.3 Å². The number of benzene rings is 1. The van der Waals surface area contributed by atoms with Crippen molar-refractivity contribution in [2.45, 2.75) is 12.5 Å². The van der Waals surface area contributed by atoms with Crippen LogP contribution in [-0.4, -0.2) is 23.1 Å². The maximum Gasteiger partial charge on any atom is 0.227 e. The molecule has 1 unspecified atom stereocenters. The summed E-state index contributed by atoms with van der Waals surface area (Å²) in [7, 11) is 1.52. The van der Waals surface area contributed by atoms with Crippen LogP contribution in [0.3, 0.4) is 0 Å². The summed E-state index contributed by atoms with van der Waals surface area (Å²) in [5.41, 5.74) is 1.19. The normalized spacial score (nSPS) is 11.8. The Hall–Kier alpha value is -2.11. The molecule has 5 nitrogen and oxygen atoms in total. The molecule has 0 aliphatic carbocycles. The molecule has 1 heterocycles. The van der Waals surface area contributed by atoms with Crippen LogP contribution < -0.4 is 10.1 Å². The molecule has 110 valence electrons. The van der Waals surface area contributed by atoms with E-state index in [0.29, 0.717) is 22.2 Å². The number of halogens is 1. The molecule has 1 amide bonds. The lowest BCUT2D eigenvalue weighted by Gasteiger charge is -2.11. The van der Waals surface area contributed by atoms with E-state index in [0.717, 1.165) is 0 Å². The highest BCUT2D eigenvalue weighted by molar-refractivity contribution is 6.30. The standard InChI is InChI=1S/C15H15ClN2O3/c1-21-15-7-6-12(9-17-15)18-14(20)8-13(19)10-2-4-11(16)5-3-10/h2-7,9,13,19H,8H2,1H3,(H,18,20). The van der Waals surface area contributed by atoms with Gasteiger partial charge in [0.1, 0.15) is 0 Å². The minimum atomic E-state index is -0.881. The van der Waals surface area contributed by atoms with Crippen molar-refractivity contribution in [3.63, 3.8) is 0 Å². The summed E-state index contributed by atoms with van der Waals surface area (Å²) in [5.74, 6) is 0.165. The molecule has 0 radical (unpaired) electrons. The number of hydrogen-bond donors (Lipinski definition) is 2. The predicted molar refractivity (Wildman–Crippen MR) is 80.4 cm³/mol. The number of nitrogens with zero attached hydrogens (tertiary/aromatic N) is 1. The zero-order valence-corrected chi connectivity index (χ0v) is 12.2. The molecule has 2 aromatic rings. The minimum absolute atomic E-state index is 0.0480. The third-order valence-corrected chi connectivity index (χ3v) is 3.11. The predicted octanol–water partition coefficient (Wildman–Crippen LogP) is 2.81. The molecule has 0 spiro atoms. The van der Waals surface area contributed by atoms with Crippen molar-refractivity contribution in [1.82, 2.24) is 4.98 Å². The van der Waals surface area contributed by atoms with Gasteiger partial charge in [-0.2, -0.15) is 0 Å². The highest BCUT2D eigenvalue weighted by Gasteiger charge is 2.13. The number of ether oxygens (including phenoxy) is 1. The first-order valence-electron chi connectivity index (χ1n) is 6.32. The van der Waals surface area contributed by atoms with Gasteiger partial charge in [0.2, 0.25) is 11.8 Å². The quantitative estimate of drug-likeness (QED) is 0.891. The van der Waals surface area contributed by atoms with Gasteiger partial charge in [-0.3, -0.25) is 4.79 Å². The van der Waals surface area contributed by atoms with E-state index < -0.39 is 6.10 Å². The second kappa shape index (κ2) is 7.06. The number of carbonyl (C=O) groups is 1. The van der Waals surface area contributed by atoms with Gasteiger partial charge in [-0.15, -0.1) is 0 Å². The first-order valence-corrected chi connectivity index (χ1v) is 6.69. The van der Waals surface area contributed by atoms with E-state index >= 15 is 0 Å². The van der Waals surface area contributed by atoms with E-state index in [4.69, 9.17) is 16.3 Å². The summed E-state index contributed by atoms with van der Waals surface area (Å²) in [4.78, 5) is 15.8. The number of anilines is 1. The Kier molecular flexibility index (Phi) is 5.14. The van der Waals surface area contributed by atoms with Crippen LogP contribution in [0.5, 0.6) is 5.88 Å². The lowest BCUT2D eigenvalue weighted by Crippen LogP contribution is -2.15. The molecule has 6 heteroatoms. The van der Waals surface area contributed by atoms with E-state index in [1.165, 1.54) is 13.3 Å². The number of nitrogens with one attached hydrogen (secondary N) is 1. The van der Waals surface area contributed by atoms with E-state index in [-0.39, 0.29) is 12.3 Å². The first kappa shape index (κ1) is 15.3. The highest BCUT2D eigenvalue weighted by Crippen LogP contribution is 2.20. The van der Waals surface area contributed by atoms with Crippen molar-refractivity contribution < 1.29 is 14.6 Å². The topological polar surface area (TPSA) is 71.5 Å². The third kappa shape index (κ3) is 4.44. The summed E-state index contributed by atoms with van der Waals surface area (Å²) in [6, 6.07) is 10.0. The number of aromatic nitrogens is 1. The monoisotopic (exact) mass is 306 g/mol. The molecule has 0 aliphatic rings. The SMILES string of the molecule is COc1ccc(NC(=O)CC(O)c2ccc(Cl)cc2)cn1. The maximum atomic E-state index is 11.9. The second-order valence-corrected chi connectivity index (χ2v) is 4.85. The molecule has 1 aromatic carbocycles. The Balaban J connectivity index is 1.92. The van der Waals surface area contributed by atoms with E-state index in [1.54, 1.807) is 36.4 Å². The lowest BCUT2D eigenvalue weighted by atomic mass is 10.1. The van der Waals surface area contributed by atoms with Crippen LogP contribution in [0.25, 0.3) is 0 Å². The third-order valence-electron chi connectivity index (χ3n) is 2.86. The Morgan fingerprint density at radius 2 is 2.05 bits per heavy atom. The van der Waals surface area contributed by atoms with E-state index in [9.17, 15) is 9.90 Å². The Morgan fingerprint density at radius 1 is 1.33 bits per heavy atom. The number of amides is 1. The maximum absolute atomic E-state index is 11.9. The Labute approximate surface area is 127 Å². The molecule has 0 bridgehead atoms. The van der Waals surface area contributed by atoms with Crippen molar-refractivity contribution in [3.05, 3.63) is 53.2 Å². The largest absolute Gasteiger partial charge is 0.481 e. The van der Waals surface area contributed by atoms with Gasteiger partial charge in [0.05, 0.1) is 31.5 Å². The summed E-state index contributed by atoms with van der Waals surface area (Å²) in [6.45, 7) is 0. The zero-order valence-electron chi connectivity index (χ0n) is 11.4. The zero-order chi connectivity index (χ0) is 15.2. The fourth-order valence-corrected chi connectivity index (χ4v) is 1.89. The molecule has 0 aliphatic heterocycles. The number of hydrogen-bond acceptors (Lipinski definition) is 4. The Bertz CT molecular complexity index is 599. The molecule has 21 heavy (non-hydrogen) atoms. The van der Waals surface area contributed by atoms with Crippen molar-refractivity contribution >= 4 is 23.2 Å². The van der Waals surface area contributed by atoms with Gasteiger partial charge >= 0.3 is 0 Å². The lowest BCUT2D eigenvalue weighted by molar-refractivity contribution is -0.118. The molecule has 2 N–H and O–H groups in total. The molecule has 1 atom stereocenters. The van der Waals surface area contributed by atoms with Crippen LogP contribution in [0.2, 0.25) is 5.02 Å². The number of rotatable bonds is 5. The second-order valence-electron chi connectivity index (χ2n) is 4.41. The molecular weight excluding hydrogens is 292 g/mol. The summed E-state index contributed by atoms with van der Waals surface area (Å²) >= 11 is 5.78. The van der Waals surface area contributed by atoms with Crippen molar-refractivity contribution in [3.8, 4) is 5.88 Å². The number of aliphatic hydroxyl groups is 1. The van der Waals surface area contributed by atoms with Crippen LogP contribution in [0.15, 0.2) is 42.6 Å². The molecular formula is C15H15ClN2O3. The van der Waals surface area contributed by atoms with Gasteiger partial charge in [-0.05, 0) is 23.8 Å². The summed E-state index contributed by atoms with van der Waals surface area (Å²) in [5, 5.41) is 13.2. The van der Waals surface area contributed by atoms with Crippen LogP contribution in [0, 0.1) is 0 Å². The average molecular weight is 307 g/mol. The average Bonchev–Trinajstić information content (AvgIpc) is 2.48. The fourth-order valence-electron chi connectivity index (χ4n) is 1.77. The minimum Gasteiger partial charge on any atom is -0.481 e. The van der Waals surface area contributed by atoms with Crippen molar-refractivity contribution in [2.75, 3.05) is 12.4 Å². The molecule has 2 rings (SSSR count). The number of methoxy groups -OCH3 is 1. The van der Waals surface area contributed by atoms with Gasteiger partial charge < -0.3 is 15.2 Å². The van der Waals surface area contributed by atoms with E-state index in [1.807, 2.05) is 0 Å². The number of pyridine rings is 1. The van der Waals surface area contributed by atoms with Crippen LogP contribution in [-0.2, 0) is 4.79 Å². The van der Waals surface area contributed by atoms with Gasteiger partial charge in [0, 0.05) is 11.1 Å². The van der Waals surface area contributed by atoms with Crippen LogP contribution in [0.1, 0.15) is 18.1 Å². The van der Waals surface area contributed by atoms with Gasteiger partial charge in [-0.1, -0.05) is 23.7 Å². The van der Waals surface area contributed by atoms with Crippen LogP contribution in [0.4, 0.5) is 5.69 Å². The molecule has 0 saturated heterocycles. The molecule has 0 fully saturated rings. The highest BCUT2D eigenvalue weighted by atomic mass is 35.5. The van der Waals surface area contributed by atoms with Gasteiger partial charge in [-0.25, -0.2) is 4.98 Å². The molecule has 1 aromatic heterocycles. The number of carbonyl (C=O) groups excluding carboxylic acids is 1. The fraction of sp³-hybridized carbons (Fsp3) is 0.200. The van der Waals surface area contributed by atoms with Crippen molar-refractivity contribution in [1.29, 1.82) is 0 Å². The summed E-state index contributed by atoms with van der Waals surface area (Å²) in [6.07, 6.45) is 0.562. The Morgan fingerprint density at radius 3 is 2.62 bits per heavy atom. The summed E-state index contributed by atoms with van der Waals surface area (Å²) < 4.78 is 4.93. The van der Waals surface area contributed by atoms with Crippen molar-refractivity contribution in [2.24, 2.45) is 0 Å². The molecule has 0 saturated carbocycles. The number of aliphatic hydroxyl groups excluding tert-OH is 1.